The number of hydrogen-bond acceptors (Lipinski definition) is 1. The molecule has 0 bridgehead atoms. The number of halogens is 1. The molecule has 0 aliphatic heterocycles. The van der Waals surface area contributed by atoms with Crippen LogP contribution >= 0.6 is 0 Å². The van der Waals surface area contributed by atoms with Gasteiger partial charge in [-0.05, 0) is 0 Å². The summed E-state index contributed by atoms with van der Waals surface area (Å²) in [6.45, 7) is 6.71. The zero-order chi connectivity index (χ0) is 14.1. The van der Waals surface area contributed by atoms with Gasteiger partial charge >= 0.3 is 121 Å². The van der Waals surface area contributed by atoms with E-state index in [9.17, 15) is 4.39 Å². The van der Waals surface area contributed by atoms with Crippen molar-refractivity contribution < 1.29 is 4.39 Å². The van der Waals surface area contributed by atoms with E-state index in [1.54, 1.807) is 0 Å². The van der Waals surface area contributed by atoms with Gasteiger partial charge in [-0.15, -0.1) is 0 Å². The maximum absolute atomic E-state index is 14.1. The number of H-pyrrole nitrogens is 1. The van der Waals surface area contributed by atoms with Crippen molar-refractivity contribution in [3.05, 3.63) is 12.0 Å². The Labute approximate surface area is 121 Å². The summed E-state index contributed by atoms with van der Waals surface area (Å²) in [5.41, 5.74) is 0. The number of unbranched alkanes of at least 4 members (excludes halogenated alkanes) is 3. The zero-order valence-electron chi connectivity index (χ0n) is 12.8. The van der Waals surface area contributed by atoms with Crippen molar-refractivity contribution in [1.29, 1.82) is 0 Å². The van der Waals surface area contributed by atoms with E-state index in [0.717, 1.165) is 3.71 Å². The Morgan fingerprint density at radius 3 is 1.79 bits per heavy atom. The topological polar surface area (TPSA) is 28.7 Å². The van der Waals surface area contributed by atoms with Crippen LogP contribution in [0, 0.1) is 5.82 Å². The fourth-order valence-electron chi connectivity index (χ4n) is 2.94. The predicted molar refractivity (Wildman–Crippen MR) is 83.1 cm³/mol. The molecule has 0 aliphatic rings. The standard InChI is InChI=1S/3C4H9.C3H2FN2.Sn/c3*1-3-4-2;4-3-1-5-6-2-3;/h3*1,3-4H2,2H3;1H,(H,5,6);. The van der Waals surface area contributed by atoms with E-state index in [1.807, 2.05) is 0 Å². The summed E-state index contributed by atoms with van der Waals surface area (Å²) in [5, 5.41) is 7.01. The van der Waals surface area contributed by atoms with Crippen LogP contribution in [0.3, 0.4) is 0 Å². The average Bonchev–Trinajstić information content (AvgIpc) is 2.85. The molecule has 0 fully saturated rings. The molecule has 1 heterocycles. The fourth-order valence-corrected chi connectivity index (χ4v) is 18.5. The SMILES string of the molecule is CCC[CH2][Sn]([CH2]CCC)([CH2]CCC)[c]1[nH]ncc1F. The van der Waals surface area contributed by atoms with Gasteiger partial charge in [-0.25, -0.2) is 0 Å². The van der Waals surface area contributed by atoms with Gasteiger partial charge in [-0.2, -0.15) is 0 Å². The quantitative estimate of drug-likeness (QED) is 0.595. The van der Waals surface area contributed by atoms with Crippen molar-refractivity contribution in [1.82, 2.24) is 10.2 Å². The first kappa shape index (κ1) is 17.0. The molecule has 0 saturated heterocycles. The monoisotopic (exact) mass is 376 g/mol. The van der Waals surface area contributed by atoms with Crippen LogP contribution in [0.5, 0.6) is 0 Å². The van der Waals surface area contributed by atoms with Crippen LogP contribution < -0.4 is 3.71 Å². The molecular formula is C15H29FN2Sn. The Morgan fingerprint density at radius 2 is 1.47 bits per heavy atom. The molecule has 1 aromatic rings. The average molecular weight is 375 g/mol. The second-order valence-corrected chi connectivity index (χ2v) is 18.7. The van der Waals surface area contributed by atoms with Gasteiger partial charge in [0.25, 0.3) is 0 Å². The van der Waals surface area contributed by atoms with E-state index in [-0.39, 0.29) is 5.82 Å². The molecule has 0 amide bonds. The molecule has 0 spiro atoms. The summed E-state index contributed by atoms with van der Waals surface area (Å²) in [4.78, 5) is 0. The Kier molecular flexibility index (Phi) is 8.03. The number of aromatic nitrogens is 2. The second kappa shape index (κ2) is 8.98. The molecular weight excluding hydrogens is 346 g/mol. The van der Waals surface area contributed by atoms with Crippen molar-refractivity contribution in [2.24, 2.45) is 0 Å². The van der Waals surface area contributed by atoms with Gasteiger partial charge in [-0.3, -0.25) is 0 Å². The van der Waals surface area contributed by atoms with Crippen molar-refractivity contribution in [2.45, 2.75) is 72.6 Å². The van der Waals surface area contributed by atoms with Crippen LogP contribution in [0.2, 0.25) is 13.3 Å². The van der Waals surface area contributed by atoms with E-state index in [0.29, 0.717) is 0 Å². The molecule has 110 valence electrons. The molecule has 0 atom stereocenters. The fraction of sp³-hybridized carbons (Fsp3) is 0.800. The van der Waals surface area contributed by atoms with Gasteiger partial charge in [0.1, 0.15) is 0 Å². The summed E-state index contributed by atoms with van der Waals surface area (Å²) in [5.74, 6) is -0.0564. The Balaban J connectivity index is 2.97. The van der Waals surface area contributed by atoms with E-state index in [1.165, 1.54) is 58.0 Å². The minimum atomic E-state index is -2.59. The Morgan fingerprint density at radius 1 is 1.00 bits per heavy atom. The van der Waals surface area contributed by atoms with Gasteiger partial charge in [-0.1, -0.05) is 0 Å². The first-order valence-electron chi connectivity index (χ1n) is 7.89. The zero-order valence-corrected chi connectivity index (χ0v) is 15.6. The normalized spacial score (nSPS) is 12.0. The van der Waals surface area contributed by atoms with Crippen LogP contribution in [0.4, 0.5) is 4.39 Å². The van der Waals surface area contributed by atoms with E-state index in [4.69, 9.17) is 0 Å². The molecule has 1 N–H and O–H groups in total. The summed E-state index contributed by atoms with van der Waals surface area (Å²) >= 11 is -2.59. The molecule has 4 heteroatoms. The van der Waals surface area contributed by atoms with Crippen LogP contribution in [0.1, 0.15) is 59.3 Å². The summed E-state index contributed by atoms with van der Waals surface area (Å²) in [6.07, 6.45) is 8.78. The third kappa shape index (κ3) is 4.76. The summed E-state index contributed by atoms with van der Waals surface area (Å²) < 4.78 is 18.9. The molecule has 2 nitrogen and oxygen atoms in total. The number of aromatic amines is 1. The molecule has 0 radical (unpaired) electrons. The second-order valence-electron chi connectivity index (χ2n) is 5.68. The predicted octanol–water partition coefficient (Wildman–Crippen LogP) is 4.60. The van der Waals surface area contributed by atoms with Gasteiger partial charge in [0, 0.05) is 0 Å². The third-order valence-electron chi connectivity index (χ3n) is 4.15. The number of hydrogen-bond donors (Lipinski definition) is 1. The van der Waals surface area contributed by atoms with Crippen LogP contribution in [-0.4, -0.2) is 28.6 Å². The molecule has 0 unspecified atom stereocenters. The van der Waals surface area contributed by atoms with E-state index >= 15 is 0 Å². The third-order valence-corrected chi connectivity index (χ3v) is 19.4. The Bertz CT molecular complexity index is 330. The molecule has 0 aromatic carbocycles. The number of nitrogens with one attached hydrogen (secondary N) is 1. The van der Waals surface area contributed by atoms with Gasteiger partial charge < -0.3 is 0 Å². The van der Waals surface area contributed by atoms with Gasteiger partial charge in [0.05, 0.1) is 0 Å². The molecule has 0 aliphatic carbocycles. The summed E-state index contributed by atoms with van der Waals surface area (Å²) in [6, 6.07) is 0. The van der Waals surface area contributed by atoms with Crippen molar-refractivity contribution in [3.8, 4) is 0 Å². The number of rotatable bonds is 10. The van der Waals surface area contributed by atoms with Crippen LogP contribution in [-0.2, 0) is 0 Å². The molecule has 19 heavy (non-hydrogen) atoms. The molecule has 1 rings (SSSR count). The van der Waals surface area contributed by atoms with Crippen molar-refractivity contribution in [3.63, 3.8) is 0 Å². The van der Waals surface area contributed by atoms with Crippen molar-refractivity contribution >= 4 is 22.1 Å². The van der Waals surface area contributed by atoms with Gasteiger partial charge in [0.15, 0.2) is 0 Å². The van der Waals surface area contributed by atoms with Crippen LogP contribution in [0.25, 0.3) is 0 Å². The first-order valence-corrected chi connectivity index (χ1v) is 15.4. The van der Waals surface area contributed by atoms with Crippen molar-refractivity contribution in [2.75, 3.05) is 0 Å². The Hall–Kier alpha value is -0.0613. The van der Waals surface area contributed by atoms with E-state index in [2.05, 4.69) is 31.0 Å². The summed E-state index contributed by atoms with van der Waals surface area (Å²) in [7, 11) is 0. The molecule has 1 aromatic heterocycles. The van der Waals surface area contributed by atoms with Gasteiger partial charge in [0.2, 0.25) is 0 Å². The number of nitrogens with zero attached hydrogens (tertiary/aromatic N) is 1. The minimum absolute atomic E-state index is 0.0564. The molecule has 0 saturated carbocycles. The maximum atomic E-state index is 14.1. The van der Waals surface area contributed by atoms with Crippen LogP contribution in [0.15, 0.2) is 6.20 Å². The van der Waals surface area contributed by atoms with E-state index < -0.39 is 18.4 Å². The first-order chi connectivity index (χ1) is 9.20.